The zero-order valence-electron chi connectivity index (χ0n) is 16.8. The van der Waals surface area contributed by atoms with E-state index in [1.165, 1.54) is 32.1 Å². The van der Waals surface area contributed by atoms with E-state index in [2.05, 4.69) is 17.2 Å². The molecule has 152 valence electrons. The van der Waals surface area contributed by atoms with Gasteiger partial charge in [0, 0.05) is 22.2 Å². The summed E-state index contributed by atoms with van der Waals surface area (Å²) in [5, 5.41) is 3.72. The first-order valence-corrected chi connectivity index (χ1v) is 11.0. The minimum Gasteiger partial charge on any atom is -0.436 e. The average molecular weight is 411 g/mol. The molecule has 2 aromatic carbocycles. The van der Waals surface area contributed by atoms with Crippen LogP contribution in [0.3, 0.4) is 0 Å². The molecule has 1 N–H and O–H groups in total. The highest BCUT2D eigenvalue weighted by Crippen LogP contribution is 2.33. The van der Waals surface area contributed by atoms with Crippen LogP contribution in [-0.4, -0.2) is 10.9 Å². The number of rotatable bonds is 6. The molecule has 1 aliphatic carbocycles. The molecule has 1 saturated carbocycles. The van der Waals surface area contributed by atoms with Crippen molar-refractivity contribution in [1.82, 2.24) is 4.98 Å². The number of oxazole rings is 1. The molecule has 0 bridgehead atoms. The van der Waals surface area contributed by atoms with Crippen molar-refractivity contribution >= 4 is 34.3 Å². The second-order valence-corrected chi connectivity index (χ2v) is 8.50. The molecule has 1 aromatic heterocycles. The van der Waals surface area contributed by atoms with Crippen LogP contribution in [0.15, 0.2) is 46.9 Å². The van der Waals surface area contributed by atoms with Gasteiger partial charge in [-0.25, -0.2) is 4.98 Å². The summed E-state index contributed by atoms with van der Waals surface area (Å²) in [4.78, 5) is 17.3. The average Bonchev–Trinajstić information content (AvgIpc) is 3.16. The van der Waals surface area contributed by atoms with Crippen molar-refractivity contribution in [2.24, 2.45) is 11.8 Å². The number of fused-ring (bicyclic) bond motifs is 1. The number of nitrogens with one attached hydrogen (secondary N) is 1. The smallest absolute Gasteiger partial charge is 0.227 e. The van der Waals surface area contributed by atoms with Crippen LogP contribution in [0.25, 0.3) is 22.6 Å². The van der Waals surface area contributed by atoms with E-state index in [1.54, 1.807) is 0 Å². The molecule has 5 heteroatoms. The summed E-state index contributed by atoms with van der Waals surface area (Å²) in [5.74, 6) is 1.56. The summed E-state index contributed by atoms with van der Waals surface area (Å²) in [6.45, 7) is 2.24. The topological polar surface area (TPSA) is 55.1 Å². The van der Waals surface area contributed by atoms with Crippen LogP contribution in [0, 0.1) is 11.8 Å². The summed E-state index contributed by atoms with van der Waals surface area (Å²) < 4.78 is 5.85. The third-order valence-electron chi connectivity index (χ3n) is 5.91. The first-order chi connectivity index (χ1) is 14.1. The number of carbonyl (C=O) groups excluding carboxylic acids is 1. The number of amides is 1. The molecule has 0 aliphatic heterocycles. The van der Waals surface area contributed by atoms with E-state index in [9.17, 15) is 4.79 Å². The Labute approximate surface area is 176 Å². The Balaban J connectivity index is 1.41. The van der Waals surface area contributed by atoms with Crippen LogP contribution >= 0.6 is 11.6 Å². The molecule has 29 heavy (non-hydrogen) atoms. The molecule has 3 aromatic rings. The van der Waals surface area contributed by atoms with Crippen molar-refractivity contribution in [1.29, 1.82) is 0 Å². The second kappa shape index (κ2) is 9.00. The quantitative estimate of drug-likeness (QED) is 0.472. The van der Waals surface area contributed by atoms with Gasteiger partial charge in [0.15, 0.2) is 5.58 Å². The maximum Gasteiger partial charge on any atom is 0.227 e. The molecule has 0 atom stereocenters. The Bertz CT molecular complexity index is 989. The summed E-state index contributed by atoms with van der Waals surface area (Å²) >= 11 is 6.07. The maximum absolute atomic E-state index is 12.7. The molecule has 1 aliphatic rings. The lowest BCUT2D eigenvalue weighted by atomic mass is 9.79. The number of nitrogens with zero attached hydrogens (tertiary/aromatic N) is 1. The van der Waals surface area contributed by atoms with E-state index in [0.29, 0.717) is 16.5 Å². The highest BCUT2D eigenvalue weighted by Gasteiger charge is 2.26. The number of unbranched alkanes of at least 4 members (excludes halogenated alkanes) is 1. The summed E-state index contributed by atoms with van der Waals surface area (Å²) in [6, 6.07) is 13.0. The van der Waals surface area contributed by atoms with Crippen LogP contribution in [0.5, 0.6) is 0 Å². The van der Waals surface area contributed by atoms with Gasteiger partial charge in [0.2, 0.25) is 11.8 Å². The third kappa shape index (κ3) is 4.81. The maximum atomic E-state index is 12.7. The van der Waals surface area contributed by atoms with Gasteiger partial charge in [0.05, 0.1) is 0 Å². The van der Waals surface area contributed by atoms with Crippen LogP contribution < -0.4 is 5.32 Å². The number of halogens is 1. The normalized spacial score (nSPS) is 19.4. The van der Waals surface area contributed by atoms with Crippen molar-refractivity contribution in [3.05, 3.63) is 47.5 Å². The van der Waals surface area contributed by atoms with E-state index in [-0.39, 0.29) is 11.8 Å². The lowest BCUT2D eigenvalue weighted by Gasteiger charge is -2.27. The van der Waals surface area contributed by atoms with Gasteiger partial charge >= 0.3 is 0 Å². The molecular weight excluding hydrogens is 384 g/mol. The van der Waals surface area contributed by atoms with E-state index in [1.807, 2.05) is 42.5 Å². The highest BCUT2D eigenvalue weighted by molar-refractivity contribution is 6.30. The second-order valence-electron chi connectivity index (χ2n) is 8.06. The van der Waals surface area contributed by atoms with Crippen molar-refractivity contribution < 1.29 is 9.21 Å². The molecular formula is C24H27ClN2O2. The largest absolute Gasteiger partial charge is 0.436 e. The third-order valence-corrected chi connectivity index (χ3v) is 6.15. The number of hydrogen-bond donors (Lipinski definition) is 1. The fourth-order valence-corrected chi connectivity index (χ4v) is 4.39. The zero-order chi connectivity index (χ0) is 20.2. The first-order valence-electron chi connectivity index (χ1n) is 10.6. The first kappa shape index (κ1) is 20.0. The SMILES string of the molecule is CCCCC1CCC(C(=O)Nc2ccc3oc(-c4cccc(Cl)c4)nc3c2)CC1. The Morgan fingerprint density at radius 3 is 2.76 bits per heavy atom. The van der Waals surface area contributed by atoms with Gasteiger partial charge in [0.1, 0.15) is 5.52 Å². The Kier molecular flexibility index (Phi) is 6.19. The van der Waals surface area contributed by atoms with Crippen molar-refractivity contribution in [2.75, 3.05) is 5.32 Å². The molecule has 0 saturated heterocycles. The van der Waals surface area contributed by atoms with Crippen LogP contribution in [0.2, 0.25) is 5.02 Å². The van der Waals surface area contributed by atoms with Crippen molar-refractivity contribution in [3.8, 4) is 11.5 Å². The molecule has 0 spiro atoms. The van der Waals surface area contributed by atoms with Gasteiger partial charge in [-0.2, -0.15) is 0 Å². The van der Waals surface area contributed by atoms with Crippen molar-refractivity contribution in [2.45, 2.75) is 51.9 Å². The molecule has 1 heterocycles. The summed E-state index contributed by atoms with van der Waals surface area (Å²) in [6.07, 6.45) is 8.19. The monoisotopic (exact) mass is 410 g/mol. The molecule has 1 amide bonds. The van der Waals surface area contributed by atoms with E-state index < -0.39 is 0 Å². The Hall–Kier alpha value is -2.33. The van der Waals surface area contributed by atoms with Crippen molar-refractivity contribution in [3.63, 3.8) is 0 Å². The van der Waals surface area contributed by atoms with Gasteiger partial charge in [-0.05, 0) is 68.0 Å². The van der Waals surface area contributed by atoms with Crippen LogP contribution in [0.4, 0.5) is 5.69 Å². The number of benzene rings is 2. The molecule has 0 unspecified atom stereocenters. The number of carbonyl (C=O) groups is 1. The fourth-order valence-electron chi connectivity index (χ4n) is 4.20. The highest BCUT2D eigenvalue weighted by atomic mass is 35.5. The zero-order valence-corrected chi connectivity index (χ0v) is 17.5. The minimum atomic E-state index is 0.114. The fraction of sp³-hybridized carbons (Fsp3) is 0.417. The van der Waals surface area contributed by atoms with Gasteiger partial charge in [0.25, 0.3) is 0 Å². The Morgan fingerprint density at radius 1 is 1.17 bits per heavy atom. The van der Waals surface area contributed by atoms with Gasteiger partial charge in [-0.3, -0.25) is 4.79 Å². The Morgan fingerprint density at radius 2 is 2.00 bits per heavy atom. The molecule has 4 rings (SSSR count). The lowest BCUT2D eigenvalue weighted by molar-refractivity contribution is -0.121. The number of aromatic nitrogens is 1. The lowest BCUT2D eigenvalue weighted by Crippen LogP contribution is -2.27. The van der Waals surface area contributed by atoms with Crippen LogP contribution in [-0.2, 0) is 4.79 Å². The van der Waals surface area contributed by atoms with E-state index >= 15 is 0 Å². The summed E-state index contributed by atoms with van der Waals surface area (Å²) in [7, 11) is 0. The number of hydrogen-bond acceptors (Lipinski definition) is 3. The predicted octanol–water partition coefficient (Wildman–Crippen LogP) is 7.08. The molecule has 1 fully saturated rings. The predicted molar refractivity (Wildman–Crippen MR) is 118 cm³/mol. The van der Waals surface area contributed by atoms with Gasteiger partial charge < -0.3 is 9.73 Å². The molecule has 4 nitrogen and oxygen atoms in total. The van der Waals surface area contributed by atoms with Gasteiger partial charge in [-0.1, -0.05) is 43.9 Å². The van der Waals surface area contributed by atoms with E-state index in [0.717, 1.165) is 35.5 Å². The number of anilines is 1. The standard InChI is InChI=1S/C24H27ClN2O2/c1-2-3-5-16-8-10-17(11-9-16)23(28)26-20-12-13-22-21(15-20)27-24(29-22)18-6-4-7-19(25)14-18/h4,6-7,12-17H,2-3,5,8-11H2,1H3,(H,26,28). The van der Waals surface area contributed by atoms with E-state index in [4.69, 9.17) is 16.0 Å². The molecule has 0 radical (unpaired) electrons. The van der Waals surface area contributed by atoms with Crippen LogP contribution in [0.1, 0.15) is 51.9 Å². The minimum absolute atomic E-state index is 0.114. The van der Waals surface area contributed by atoms with Gasteiger partial charge in [-0.15, -0.1) is 0 Å². The summed E-state index contributed by atoms with van der Waals surface area (Å²) in [5.41, 5.74) is 3.01.